The van der Waals surface area contributed by atoms with Crippen molar-refractivity contribution in [1.29, 1.82) is 0 Å². The first-order valence-electron chi connectivity index (χ1n) is 10.2. The lowest BCUT2D eigenvalue weighted by Gasteiger charge is -2.13. The Kier molecular flexibility index (Phi) is 8.53. The van der Waals surface area contributed by atoms with Gasteiger partial charge in [-0.25, -0.2) is 0 Å². The van der Waals surface area contributed by atoms with Gasteiger partial charge in [-0.3, -0.25) is 0 Å². The fraction of sp³-hybridized carbons (Fsp3) is 0.500. The summed E-state index contributed by atoms with van der Waals surface area (Å²) in [5.74, 6) is 2.39. The van der Waals surface area contributed by atoms with Crippen LogP contribution < -0.4 is 10.1 Å². The largest absolute Gasteiger partial charge is 0.493 e. The fourth-order valence-corrected chi connectivity index (χ4v) is 2.98. The van der Waals surface area contributed by atoms with Crippen LogP contribution in [0.25, 0.3) is 0 Å². The molecule has 0 bridgehead atoms. The van der Waals surface area contributed by atoms with Gasteiger partial charge in [0.25, 0.3) is 0 Å². The number of hydrogen-bond acceptors (Lipinski definition) is 2. The quantitative estimate of drug-likeness (QED) is 0.460. The highest BCUT2D eigenvalue weighted by atomic mass is 16.5. The Bertz CT molecular complexity index is 614. The first-order chi connectivity index (χ1) is 12.6. The maximum Gasteiger partial charge on any atom is 0.119 e. The summed E-state index contributed by atoms with van der Waals surface area (Å²) in [5.41, 5.74) is 3.64. The zero-order chi connectivity index (χ0) is 18.8. The standard InChI is InChI=1S/C24H35NO/c1-5-19(4)18-26-24-16-14-23(15-17-24)25-22-12-10-21(11-13-22)9-8-20(6-2)7-3/h10-17,19-20,25H,5-9,18H2,1-4H3. The van der Waals surface area contributed by atoms with Gasteiger partial charge in [-0.05, 0) is 66.6 Å². The lowest BCUT2D eigenvalue weighted by molar-refractivity contribution is 0.256. The van der Waals surface area contributed by atoms with E-state index in [1.807, 2.05) is 12.1 Å². The molecule has 0 spiro atoms. The van der Waals surface area contributed by atoms with Crippen molar-refractivity contribution in [3.63, 3.8) is 0 Å². The summed E-state index contributed by atoms with van der Waals surface area (Å²) < 4.78 is 5.82. The van der Waals surface area contributed by atoms with Gasteiger partial charge in [0.15, 0.2) is 0 Å². The van der Waals surface area contributed by atoms with Crippen molar-refractivity contribution in [3.05, 3.63) is 54.1 Å². The molecule has 142 valence electrons. The number of rotatable bonds is 11. The molecule has 26 heavy (non-hydrogen) atoms. The van der Waals surface area contributed by atoms with Gasteiger partial charge in [0.05, 0.1) is 6.61 Å². The van der Waals surface area contributed by atoms with E-state index in [1.54, 1.807) is 0 Å². The molecule has 0 aliphatic heterocycles. The summed E-state index contributed by atoms with van der Waals surface area (Å²) in [6.45, 7) is 9.77. The summed E-state index contributed by atoms with van der Waals surface area (Å²) in [4.78, 5) is 0. The second-order valence-electron chi connectivity index (χ2n) is 7.39. The molecule has 1 unspecified atom stereocenters. The number of ether oxygens (including phenoxy) is 1. The van der Waals surface area contributed by atoms with Crippen molar-refractivity contribution < 1.29 is 4.74 Å². The summed E-state index contributed by atoms with van der Waals surface area (Å²) in [5, 5.41) is 3.47. The van der Waals surface area contributed by atoms with Crippen LogP contribution in [-0.4, -0.2) is 6.61 Å². The van der Waals surface area contributed by atoms with Crippen molar-refractivity contribution in [2.24, 2.45) is 11.8 Å². The van der Waals surface area contributed by atoms with E-state index in [1.165, 1.54) is 31.2 Å². The van der Waals surface area contributed by atoms with E-state index < -0.39 is 0 Å². The van der Waals surface area contributed by atoms with E-state index in [0.717, 1.165) is 36.1 Å². The van der Waals surface area contributed by atoms with Crippen molar-refractivity contribution >= 4 is 11.4 Å². The Morgan fingerprint density at radius 2 is 1.38 bits per heavy atom. The van der Waals surface area contributed by atoms with Crippen LogP contribution in [-0.2, 0) is 6.42 Å². The van der Waals surface area contributed by atoms with Crippen molar-refractivity contribution in [3.8, 4) is 5.75 Å². The van der Waals surface area contributed by atoms with Crippen LogP contribution in [0.2, 0.25) is 0 Å². The van der Waals surface area contributed by atoms with Gasteiger partial charge in [0, 0.05) is 11.4 Å². The molecule has 0 heterocycles. The Balaban J connectivity index is 1.84. The highest BCUT2D eigenvalue weighted by molar-refractivity contribution is 5.60. The number of benzene rings is 2. The van der Waals surface area contributed by atoms with Crippen LogP contribution in [0.4, 0.5) is 11.4 Å². The molecule has 0 amide bonds. The van der Waals surface area contributed by atoms with Gasteiger partial charge >= 0.3 is 0 Å². The maximum absolute atomic E-state index is 5.82. The molecule has 2 aromatic carbocycles. The van der Waals surface area contributed by atoms with E-state index in [0.29, 0.717) is 5.92 Å². The topological polar surface area (TPSA) is 21.3 Å². The molecule has 2 rings (SSSR count). The Morgan fingerprint density at radius 3 is 1.92 bits per heavy atom. The summed E-state index contributed by atoms with van der Waals surface area (Å²) in [6, 6.07) is 17.1. The lowest BCUT2D eigenvalue weighted by Crippen LogP contribution is -2.07. The first-order valence-corrected chi connectivity index (χ1v) is 10.2. The van der Waals surface area contributed by atoms with Crippen molar-refractivity contribution in [2.45, 2.75) is 59.8 Å². The molecule has 1 atom stereocenters. The first kappa shape index (κ1) is 20.4. The SMILES string of the molecule is CCC(C)COc1ccc(Nc2ccc(CCC(CC)CC)cc2)cc1. The van der Waals surface area contributed by atoms with Crippen LogP contribution >= 0.6 is 0 Å². The van der Waals surface area contributed by atoms with E-state index in [9.17, 15) is 0 Å². The third kappa shape index (κ3) is 6.74. The molecule has 0 saturated carbocycles. The van der Waals surface area contributed by atoms with E-state index >= 15 is 0 Å². The van der Waals surface area contributed by atoms with Gasteiger partial charge in [0.1, 0.15) is 5.75 Å². The minimum atomic E-state index is 0.594. The molecule has 2 aromatic rings. The van der Waals surface area contributed by atoms with Crippen LogP contribution in [0.15, 0.2) is 48.5 Å². The van der Waals surface area contributed by atoms with Crippen LogP contribution in [0, 0.1) is 11.8 Å². The smallest absolute Gasteiger partial charge is 0.119 e. The minimum Gasteiger partial charge on any atom is -0.493 e. The Morgan fingerprint density at radius 1 is 0.808 bits per heavy atom. The minimum absolute atomic E-state index is 0.594. The molecule has 0 aliphatic rings. The third-order valence-electron chi connectivity index (χ3n) is 5.32. The van der Waals surface area contributed by atoms with E-state index in [-0.39, 0.29) is 0 Å². The molecule has 2 nitrogen and oxygen atoms in total. The second-order valence-corrected chi connectivity index (χ2v) is 7.39. The monoisotopic (exact) mass is 353 g/mol. The van der Waals surface area contributed by atoms with E-state index in [4.69, 9.17) is 4.74 Å². The van der Waals surface area contributed by atoms with Gasteiger partial charge < -0.3 is 10.1 Å². The molecule has 0 aromatic heterocycles. The third-order valence-corrected chi connectivity index (χ3v) is 5.32. The van der Waals surface area contributed by atoms with Crippen LogP contribution in [0.5, 0.6) is 5.75 Å². The lowest BCUT2D eigenvalue weighted by atomic mass is 9.95. The van der Waals surface area contributed by atoms with Gasteiger partial charge in [-0.2, -0.15) is 0 Å². The molecule has 0 fully saturated rings. The summed E-state index contributed by atoms with van der Waals surface area (Å²) >= 11 is 0. The summed E-state index contributed by atoms with van der Waals surface area (Å²) in [7, 11) is 0. The molecule has 0 saturated heterocycles. The highest BCUT2D eigenvalue weighted by Gasteiger charge is 2.04. The molecule has 1 N–H and O–H groups in total. The zero-order valence-electron chi connectivity index (χ0n) is 16.9. The van der Waals surface area contributed by atoms with Crippen molar-refractivity contribution in [2.75, 3.05) is 11.9 Å². The van der Waals surface area contributed by atoms with Crippen LogP contribution in [0.1, 0.15) is 58.9 Å². The molecular formula is C24H35NO. The maximum atomic E-state index is 5.82. The molecule has 0 radical (unpaired) electrons. The number of anilines is 2. The molecule has 0 aliphatic carbocycles. The number of hydrogen-bond donors (Lipinski definition) is 1. The molecular weight excluding hydrogens is 318 g/mol. The molecule has 2 heteroatoms. The van der Waals surface area contributed by atoms with Crippen LogP contribution in [0.3, 0.4) is 0 Å². The normalized spacial score (nSPS) is 12.2. The number of aryl methyl sites for hydroxylation is 1. The number of nitrogens with one attached hydrogen (secondary N) is 1. The average Bonchev–Trinajstić information content (AvgIpc) is 2.69. The predicted octanol–water partition coefficient (Wildman–Crippen LogP) is 7.22. The Hall–Kier alpha value is -1.96. The average molecular weight is 354 g/mol. The van der Waals surface area contributed by atoms with Crippen molar-refractivity contribution in [1.82, 2.24) is 0 Å². The van der Waals surface area contributed by atoms with Gasteiger partial charge in [-0.15, -0.1) is 0 Å². The predicted molar refractivity (Wildman–Crippen MR) is 114 cm³/mol. The van der Waals surface area contributed by atoms with E-state index in [2.05, 4.69) is 69.4 Å². The van der Waals surface area contributed by atoms with Gasteiger partial charge in [-0.1, -0.05) is 59.1 Å². The second kappa shape index (κ2) is 10.9. The zero-order valence-corrected chi connectivity index (χ0v) is 16.9. The Labute approximate surface area is 160 Å². The highest BCUT2D eigenvalue weighted by Crippen LogP contribution is 2.22. The summed E-state index contributed by atoms with van der Waals surface area (Å²) in [6.07, 6.45) is 6.18. The fourth-order valence-electron chi connectivity index (χ4n) is 2.98. The van der Waals surface area contributed by atoms with Gasteiger partial charge in [0.2, 0.25) is 0 Å².